The molecule has 1 aromatic heterocycles. The molecule has 0 atom stereocenters. The second-order valence-electron chi connectivity index (χ2n) is 7.05. The molecule has 3 aliphatic rings. The Hall–Kier alpha value is -2.62. The zero-order valence-corrected chi connectivity index (χ0v) is 13.9. The van der Waals surface area contributed by atoms with E-state index in [2.05, 4.69) is 11.1 Å². The van der Waals surface area contributed by atoms with Gasteiger partial charge in [-0.15, -0.1) is 0 Å². The fourth-order valence-electron chi connectivity index (χ4n) is 4.46. The van der Waals surface area contributed by atoms with Gasteiger partial charge < -0.3 is 9.72 Å². The number of hydrogen-bond acceptors (Lipinski definition) is 3. The Labute approximate surface area is 145 Å². The molecule has 1 aliphatic heterocycles. The molecular formula is C21H19NO3. The van der Waals surface area contributed by atoms with Crippen molar-refractivity contribution >= 4 is 22.5 Å². The number of aromatic nitrogens is 1. The summed E-state index contributed by atoms with van der Waals surface area (Å²) >= 11 is 0. The summed E-state index contributed by atoms with van der Waals surface area (Å²) in [4.78, 5) is 28.8. The number of Topliss-reactive ketones (excluding diaryl/α,β-unsaturated/α-hetero) is 2. The zero-order valence-electron chi connectivity index (χ0n) is 13.9. The predicted octanol–water partition coefficient (Wildman–Crippen LogP) is 4.30. The van der Waals surface area contributed by atoms with E-state index in [-0.39, 0.29) is 17.5 Å². The van der Waals surface area contributed by atoms with Gasteiger partial charge >= 0.3 is 0 Å². The molecule has 126 valence electrons. The minimum atomic E-state index is -0.282. The van der Waals surface area contributed by atoms with E-state index < -0.39 is 0 Å². The predicted molar refractivity (Wildman–Crippen MR) is 93.9 cm³/mol. The van der Waals surface area contributed by atoms with Crippen LogP contribution in [0.25, 0.3) is 10.9 Å². The molecule has 5 rings (SSSR count). The van der Waals surface area contributed by atoms with E-state index in [9.17, 15) is 9.59 Å². The molecule has 4 heteroatoms. The summed E-state index contributed by atoms with van der Waals surface area (Å²) in [6.45, 7) is 0. The smallest absolute Gasteiger partial charge is 0.163 e. The summed E-state index contributed by atoms with van der Waals surface area (Å²) in [5, 5.41) is 1.07. The van der Waals surface area contributed by atoms with Crippen LogP contribution in [0.2, 0.25) is 0 Å². The summed E-state index contributed by atoms with van der Waals surface area (Å²) in [5.74, 6) is 1.55. The van der Waals surface area contributed by atoms with Gasteiger partial charge in [-0.2, -0.15) is 0 Å². The average Bonchev–Trinajstić information content (AvgIpc) is 3.04. The van der Waals surface area contributed by atoms with Crippen LogP contribution >= 0.6 is 0 Å². The third-order valence-corrected chi connectivity index (χ3v) is 5.57. The van der Waals surface area contributed by atoms with Crippen LogP contribution in [0.5, 0.6) is 0 Å². The number of nitrogens with one attached hydrogen (secondary N) is 1. The second kappa shape index (κ2) is 5.45. The molecule has 2 aliphatic carbocycles. The Balaban J connectivity index is 1.78. The molecule has 2 aromatic rings. The van der Waals surface area contributed by atoms with Gasteiger partial charge in [0.15, 0.2) is 11.6 Å². The van der Waals surface area contributed by atoms with Crippen LogP contribution in [0.15, 0.2) is 53.1 Å². The Morgan fingerprint density at radius 2 is 1.52 bits per heavy atom. The number of aromatic amines is 1. The molecule has 0 fully saturated rings. The SMILES string of the molecule is O=C1CCCC2=C1C(c1c[nH]c3ccccc13)C1=C(CCCC1=O)O2. The van der Waals surface area contributed by atoms with Crippen molar-refractivity contribution in [2.24, 2.45) is 0 Å². The third kappa shape index (κ3) is 2.13. The van der Waals surface area contributed by atoms with Crippen molar-refractivity contribution in [2.75, 3.05) is 0 Å². The van der Waals surface area contributed by atoms with Crippen molar-refractivity contribution in [1.82, 2.24) is 4.98 Å². The highest BCUT2D eigenvalue weighted by molar-refractivity contribution is 6.07. The number of benzene rings is 1. The lowest BCUT2D eigenvalue weighted by molar-refractivity contribution is -0.117. The van der Waals surface area contributed by atoms with Crippen molar-refractivity contribution in [3.63, 3.8) is 0 Å². The van der Waals surface area contributed by atoms with Gasteiger partial charge in [0.1, 0.15) is 11.5 Å². The second-order valence-corrected chi connectivity index (χ2v) is 7.05. The van der Waals surface area contributed by atoms with Crippen molar-refractivity contribution in [3.05, 3.63) is 58.7 Å². The van der Waals surface area contributed by atoms with E-state index in [0.29, 0.717) is 24.0 Å². The quantitative estimate of drug-likeness (QED) is 0.846. The molecule has 0 bridgehead atoms. The number of rotatable bonds is 1. The van der Waals surface area contributed by atoms with Crippen LogP contribution in [-0.4, -0.2) is 16.6 Å². The number of ketones is 2. The van der Waals surface area contributed by atoms with Crippen molar-refractivity contribution in [3.8, 4) is 0 Å². The van der Waals surface area contributed by atoms with Crippen LogP contribution in [0, 0.1) is 0 Å². The monoisotopic (exact) mass is 333 g/mol. The van der Waals surface area contributed by atoms with Crippen LogP contribution < -0.4 is 0 Å². The molecule has 0 amide bonds. The summed E-state index contributed by atoms with van der Waals surface area (Å²) in [7, 11) is 0. The number of H-pyrrole nitrogens is 1. The van der Waals surface area contributed by atoms with Gasteiger partial charge in [-0.25, -0.2) is 0 Å². The van der Waals surface area contributed by atoms with Gasteiger partial charge in [0, 0.05) is 59.8 Å². The van der Waals surface area contributed by atoms with E-state index >= 15 is 0 Å². The van der Waals surface area contributed by atoms with Crippen LogP contribution in [0.1, 0.15) is 50.0 Å². The third-order valence-electron chi connectivity index (χ3n) is 5.57. The molecule has 2 heterocycles. The average molecular weight is 333 g/mol. The topological polar surface area (TPSA) is 59.2 Å². The van der Waals surface area contributed by atoms with E-state index in [0.717, 1.165) is 53.7 Å². The number of ether oxygens (including phenoxy) is 1. The lowest BCUT2D eigenvalue weighted by Gasteiger charge is -2.35. The minimum absolute atomic E-state index is 0.126. The fourth-order valence-corrected chi connectivity index (χ4v) is 4.46. The van der Waals surface area contributed by atoms with E-state index in [1.165, 1.54) is 0 Å². The van der Waals surface area contributed by atoms with Crippen LogP contribution in [-0.2, 0) is 14.3 Å². The standard InChI is InChI=1S/C21H19NO3/c23-15-7-3-9-17-20(15)19(21-16(24)8-4-10-18(21)25-17)13-11-22-14-6-2-1-5-12(13)14/h1-2,5-6,11,19,22H,3-4,7-10H2. The number of carbonyl (C=O) groups is 2. The molecule has 0 saturated carbocycles. The molecule has 1 N–H and O–H groups in total. The van der Waals surface area contributed by atoms with Gasteiger partial charge in [0.05, 0.1) is 0 Å². The first kappa shape index (κ1) is 14.7. The van der Waals surface area contributed by atoms with Gasteiger partial charge in [0.25, 0.3) is 0 Å². The highest BCUT2D eigenvalue weighted by atomic mass is 16.5. The zero-order chi connectivity index (χ0) is 17.0. The highest BCUT2D eigenvalue weighted by Crippen LogP contribution is 2.48. The maximum absolute atomic E-state index is 12.8. The van der Waals surface area contributed by atoms with Gasteiger partial charge in [-0.3, -0.25) is 9.59 Å². The Kier molecular flexibility index (Phi) is 3.20. The van der Waals surface area contributed by atoms with Crippen molar-refractivity contribution in [2.45, 2.75) is 44.4 Å². The molecule has 0 saturated heterocycles. The van der Waals surface area contributed by atoms with Gasteiger partial charge in [-0.1, -0.05) is 18.2 Å². The maximum Gasteiger partial charge on any atom is 0.163 e. The summed E-state index contributed by atoms with van der Waals surface area (Å²) in [6.07, 6.45) is 6.26. The molecule has 4 nitrogen and oxygen atoms in total. The Morgan fingerprint density at radius 3 is 2.20 bits per heavy atom. The Bertz CT molecular complexity index is 934. The Morgan fingerprint density at radius 1 is 0.880 bits per heavy atom. The maximum atomic E-state index is 12.8. The first-order valence-corrected chi connectivity index (χ1v) is 9.00. The first-order chi connectivity index (χ1) is 12.2. The first-order valence-electron chi connectivity index (χ1n) is 9.00. The minimum Gasteiger partial charge on any atom is -0.465 e. The number of carbonyl (C=O) groups excluding carboxylic acids is 2. The molecule has 1 aromatic carbocycles. The van der Waals surface area contributed by atoms with Crippen molar-refractivity contribution < 1.29 is 14.3 Å². The molecule has 0 unspecified atom stereocenters. The number of allylic oxidation sites excluding steroid dienone is 4. The summed E-state index contributed by atoms with van der Waals surface area (Å²) in [6, 6.07) is 8.06. The lowest BCUT2D eigenvalue weighted by atomic mass is 9.73. The van der Waals surface area contributed by atoms with E-state index in [1.54, 1.807) is 0 Å². The van der Waals surface area contributed by atoms with E-state index in [4.69, 9.17) is 4.74 Å². The normalized spacial score (nSPS) is 21.4. The molecule has 25 heavy (non-hydrogen) atoms. The number of fused-ring (bicyclic) bond motifs is 1. The largest absolute Gasteiger partial charge is 0.465 e. The molecule has 0 radical (unpaired) electrons. The van der Waals surface area contributed by atoms with Crippen LogP contribution in [0.4, 0.5) is 0 Å². The fraction of sp³-hybridized carbons (Fsp3) is 0.333. The van der Waals surface area contributed by atoms with Crippen molar-refractivity contribution in [1.29, 1.82) is 0 Å². The summed E-state index contributed by atoms with van der Waals surface area (Å²) < 4.78 is 6.08. The summed E-state index contributed by atoms with van der Waals surface area (Å²) in [5.41, 5.74) is 3.47. The molecular weight excluding hydrogens is 314 g/mol. The van der Waals surface area contributed by atoms with Gasteiger partial charge in [0.2, 0.25) is 0 Å². The number of para-hydroxylation sites is 1. The van der Waals surface area contributed by atoms with E-state index in [1.807, 2.05) is 24.4 Å². The molecule has 0 spiro atoms. The lowest BCUT2D eigenvalue weighted by Crippen LogP contribution is -2.30. The van der Waals surface area contributed by atoms with Gasteiger partial charge in [-0.05, 0) is 24.5 Å². The van der Waals surface area contributed by atoms with Crippen LogP contribution in [0.3, 0.4) is 0 Å². The highest BCUT2D eigenvalue weighted by Gasteiger charge is 2.42. The number of hydrogen-bond donors (Lipinski definition) is 1.